The fraction of sp³-hybridized carbons (Fsp3) is 0.847. The molecule has 9 nitrogen and oxygen atoms in total. The number of ether oxygens (including phenoxy) is 2. The molecule has 7 atom stereocenters. The normalized spacial score (nSPS) is 19.9. The van der Waals surface area contributed by atoms with E-state index < -0.39 is 49.5 Å². The zero-order valence-electron chi connectivity index (χ0n) is 44.1. The summed E-state index contributed by atoms with van der Waals surface area (Å²) in [7, 11) is 0. The van der Waals surface area contributed by atoms with Crippen LogP contribution < -0.4 is 5.32 Å². The number of amides is 1. The Balaban J connectivity index is 2.06. The van der Waals surface area contributed by atoms with Gasteiger partial charge in [0.1, 0.15) is 24.4 Å². The van der Waals surface area contributed by atoms with Crippen LogP contribution in [-0.4, -0.2) is 87.5 Å². The molecule has 1 amide bonds. The minimum atomic E-state index is -1.56. The van der Waals surface area contributed by atoms with Crippen LogP contribution in [-0.2, 0) is 14.3 Å². The highest BCUT2D eigenvalue weighted by Crippen LogP contribution is 2.23. The monoisotopic (exact) mass is 960 g/mol. The number of unbranched alkanes of at least 4 members (excludes halogenated alkanes) is 33. The van der Waals surface area contributed by atoms with Crippen LogP contribution in [0.1, 0.15) is 264 Å². The van der Waals surface area contributed by atoms with Crippen molar-refractivity contribution in [1.29, 1.82) is 0 Å². The second-order valence-corrected chi connectivity index (χ2v) is 20.1. The SMILES string of the molecule is CCCCCCC/C=C\C/C=C\C/C=C\CCCCCCCCCCCCCCCCCCCCCCC(=O)NC(COC1OC(CO)C(O)C(O)C1O)C(O)/C=C/CCCCCCCCCC. The summed E-state index contributed by atoms with van der Waals surface area (Å²) in [4.78, 5) is 13.0. The van der Waals surface area contributed by atoms with Gasteiger partial charge in [-0.2, -0.15) is 0 Å². The molecule has 0 bridgehead atoms. The number of nitrogens with one attached hydrogen (secondary N) is 1. The minimum Gasteiger partial charge on any atom is -0.394 e. The van der Waals surface area contributed by atoms with Crippen molar-refractivity contribution in [3.63, 3.8) is 0 Å². The van der Waals surface area contributed by atoms with Crippen LogP contribution in [0.5, 0.6) is 0 Å². The third-order valence-corrected chi connectivity index (χ3v) is 13.6. The second kappa shape index (κ2) is 48.8. The largest absolute Gasteiger partial charge is 0.394 e. The number of hydrogen-bond donors (Lipinski definition) is 6. The molecular weight excluding hydrogens is 851 g/mol. The van der Waals surface area contributed by atoms with E-state index in [2.05, 4.69) is 55.6 Å². The lowest BCUT2D eigenvalue weighted by molar-refractivity contribution is -0.302. The van der Waals surface area contributed by atoms with E-state index in [-0.39, 0.29) is 12.5 Å². The third kappa shape index (κ3) is 37.9. The number of rotatable bonds is 49. The summed E-state index contributed by atoms with van der Waals surface area (Å²) < 4.78 is 11.2. The maximum atomic E-state index is 13.0. The van der Waals surface area contributed by atoms with Gasteiger partial charge in [0.2, 0.25) is 5.91 Å². The maximum Gasteiger partial charge on any atom is 0.220 e. The van der Waals surface area contributed by atoms with E-state index in [1.165, 1.54) is 193 Å². The minimum absolute atomic E-state index is 0.176. The molecule has 9 heteroatoms. The average molecular weight is 961 g/mol. The first-order valence-electron chi connectivity index (χ1n) is 28.9. The fourth-order valence-corrected chi connectivity index (χ4v) is 9.05. The number of hydrogen-bond acceptors (Lipinski definition) is 8. The molecule has 1 fully saturated rings. The highest BCUT2D eigenvalue weighted by Gasteiger charge is 2.44. The molecule has 0 saturated carbocycles. The lowest BCUT2D eigenvalue weighted by atomic mass is 9.99. The van der Waals surface area contributed by atoms with Gasteiger partial charge in [0.25, 0.3) is 0 Å². The quantitative estimate of drug-likeness (QED) is 0.0261. The Bertz CT molecular complexity index is 1210. The molecule has 1 heterocycles. The lowest BCUT2D eigenvalue weighted by Crippen LogP contribution is -2.60. The van der Waals surface area contributed by atoms with E-state index in [1.54, 1.807) is 6.08 Å². The third-order valence-electron chi connectivity index (χ3n) is 13.6. The van der Waals surface area contributed by atoms with Gasteiger partial charge in [-0.1, -0.05) is 249 Å². The molecule has 1 aliphatic heterocycles. The zero-order chi connectivity index (χ0) is 49.4. The predicted octanol–water partition coefficient (Wildman–Crippen LogP) is 14.1. The lowest BCUT2D eigenvalue weighted by Gasteiger charge is -2.40. The smallest absolute Gasteiger partial charge is 0.220 e. The number of carbonyl (C=O) groups is 1. The Morgan fingerprint density at radius 2 is 0.868 bits per heavy atom. The molecule has 7 unspecified atom stereocenters. The molecule has 68 heavy (non-hydrogen) atoms. The van der Waals surface area contributed by atoms with Crippen molar-refractivity contribution in [3.8, 4) is 0 Å². The molecular formula is C59H109NO8. The van der Waals surface area contributed by atoms with Gasteiger partial charge in [-0.15, -0.1) is 0 Å². The van der Waals surface area contributed by atoms with Crippen LogP contribution in [0.25, 0.3) is 0 Å². The van der Waals surface area contributed by atoms with Gasteiger partial charge in [-0.05, 0) is 57.8 Å². The van der Waals surface area contributed by atoms with Crippen LogP contribution in [0.4, 0.5) is 0 Å². The number of aliphatic hydroxyl groups excluding tert-OH is 5. The first-order valence-corrected chi connectivity index (χ1v) is 28.9. The van der Waals surface area contributed by atoms with Crippen molar-refractivity contribution in [3.05, 3.63) is 48.6 Å². The van der Waals surface area contributed by atoms with Crippen molar-refractivity contribution in [2.24, 2.45) is 0 Å². The van der Waals surface area contributed by atoms with Gasteiger partial charge < -0.3 is 40.3 Å². The van der Waals surface area contributed by atoms with E-state index in [1.807, 2.05) is 6.08 Å². The molecule has 398 valence electrons. The number of carbonyl (C=O) groups excluding carboxylic acids is 1. The summed E-state index contributed by atoms with van der Waals surface area (Å²) in [6.45, 7) is 3.75. The van der Waals surface area contributed by atoms with E-state index >= 15 is 0 Å². The summed E-state index contributed by atoms with van der Waals surface area (Å²) in [5.41, 5.74) is 0. The highest BCUT2D eigenvalue weighted by molar-refractivity contribution is 5.76. The van der Waals surface area contributed by atoms with Crippen LogP contribution >= 0.6 is 0 Å². The van der Waals surface area contributed by atoms with Crippen molar-refractivity contribution < 1.29 is 39.8 Å². The van der Waals surface area contributed by atoms with Crippen molar-refractivity contribution in [2.75, 3.05) is 13.2 Å². The topological polar surface area (TPSA) is 149 Å². The van der Waals surface area contributed by atoms with E-state index in [9.17, 15) is 30.3 Å². The highest BCUT2D eigenvalue weighted by atomic mass is 16.7. The predicted molar refractivity (Wildman–Crippen MR) is 286 cm³/mol. The Hall–Kier alpha value is -1.85. The number of allylic oxidation sites excluding steroid dienone is 7. The number of aliphatic hydroxyl groups is 5. The second-order valence-electron chi connectivity index (χ2n) is 20.1. The van der Waals surface area contributed by atoms with Gasteiger partial charge >= 0.3 is 0 Å². The first kappa shape index (κ1) is 64.2. The van der Waals surface area contributed by atoms with Gasteiger partial charge in [-0.3, -0.25) is 4.79 Å². The maximum absolute atomic E-state index is 13.0. The summed E-state index contributed by atoms with van der Waals surface area (Å²) in [6.07, 6.45) is 57.8. The van der Waals surface area contributed by atoms with Crippen molar-refractivity contribution in [2.45, 2.75) is 307 Å². The Morgan fingerprint density at radius 3 is 1.28 bits per heavy atom. The molecule has 6 N–H and O–H groups in total. The molecule has 0 spiro atoms. The van der Waals surface area contributed by atoms with Crippen molar-refractivity contribution >= 4 is 5.91 Å². The molecule has 1 rings (SSSR count). The zero-order valence-corrected chi connectivity index (χ0v) is 44.1. The first-order chi connectivity index (χ1) is 33.3. The van der Waals surface area contributed by atoms with Gasteiger partial charge in [-0.25, -0.2) is 0 Å². The fourth-order valence-electron chi connectivity index (χ4n) is 9.05. The van der Waals surface area contributed by atoms with Crippen LogP contribution in [0.2, 0.25) is 0 Å². The molecule has 0 aromatic rings. The standard InChI is InChI=1S/C59H109NO8/c1-3-5-7-9-11-13-15-16-17-18-19-20-21-22-23-24-25-26-27-28-29-30-31-32-33-34-35-36-37-38-39-41-43-45-47-49-55(63)60-52(51-67-59-58(66)57(65)56(64)54(50-61)68-59)53(62)48-46-44-42-40-14-12-10-8-6-4-2/h15-16,18-19,21-22,46,48,52-54,56-59,61-62,64-66H,3-14,17,20,23-45,47,49-51H2,1-2H3,(H,60,63)/b16-15-,19-18-,22-21-,48-46+. The summed E-state index contributed by atoms with van der Waals surface area (Å²) >= 11 is 0. The Labute approximate surface area is 418 Å². The molecule has 1 saturated heterocycles. The van der Waals surface area contributed by atoms with Gasteiger partial charge in [0.05, 0.1) is 25.4 Å². The molecule has 0 radical (unpaired) electrons. The molecule has 0 aromatic heterocycles. The molecule has 0 aliphatic carbocycles. The van der Waals surface area contributed by atoms with E-state index in [0.717, 1.165) is 51.4 Å². The molecule has 0 aromatic carbocycles. The van der Waals surface area contributed by atoms with E-state index in [4.69, 9.17) is 9.47 Å². The van der Waals surface area contributed by atoms with Crippen LogP contribution in [0.3, 0.4) is 0 Å². The van der Waals surface area contributed by atoms with Crippen LogP contribution in [0.15, 0.2) is 48.6 Å². The summed E-state index contributed by atoms with van der Waals surface area (Å²) in [6, 6.07) is -0.802. The summed E-state index contributed by atoms with van der Waals surface area (Å²) in [5.74, 6) is -0.176. The Kier molecular flexibility index (Phi) is 46.0. The van der Waals surface area contributed by atoms with Gasteiger partial charge in [0.15, 0.2) is 6.29 Å². The molecule has 1 aliphatic rings. The summed E-state index contributed by atoms with van der Waals surface area (Å²) in [5, 5.41) is 54.2. The van der Waals surface area contributed by atoms with E-state index in [0.29, 0.717) is 6.42 Å². The Morgan fingerprint density at radius 1 is 0.500 bits per heavy atom. The van der Waals surface area contributed by atoms with Crippen molar-refractivity contribution in [1.82, 2.24) is 5.32 Å². The average Bonchev–Trinajstić information content (AvgIpc) is 3.34. The van der Waals surface area contributed by atoms with Crippen LogP contribution in [0, 0.1) is 0 Å². The van der Waals surface area contributed by atoms with Gasteiger partial charge in [0, 0.05) is 6.42 Å².